The molecule has 0 aliphatic carbocycles. The van der Waals surface area contributed by atoms with E-state index in [0.717, 1.165) is 5.56 Å². The van der Waals surface area contributed by atoms with E-state index in [2.05, 4.69) is 9.97 Å². The highest BCUT2D eigenvalue weighted by Gasteiger charge is 2.18. The van der Waals surface area contributed by atoms with Gasteiger partial charge in [0.1, 0.15) is 17.1 Å². The Bertz CT molecular complexity index is 1410. The number of benzene rings is 2. The van der Waals surface area contributed by atoms with Crippen LogP contribution >= 0.6 is 0 Å². The maximum Gasteiger partial charge on any atom is 0.357 e. The van der Waals surface area contributed by atoms with Crippen LogP contribution in [-0.2, 0) is 37.3 Å². The molecule has 9 nitrogen and oxygen atoms in total. The Morgan fingerprint density at radius 3 is 2.48 bits per heavy atom. The van der Waals surface area contributed by atoms with Crippen molar-refractivity contribution < 1.29 is 12.9 Å². The zero-order valence-corrected chi connectivity index (χ0v) is 18.9. The molecule has 2 heterocycles. The number of para-hydroxylation sites is 1. The first-order valence-electron chi connectivity index (χ1n) is 10.6. The summed E-state index contributed by atoms with van der Waals surface area (Å²) >= 11 is -2.46. The number of H-pyrrole nitrogens is 1. The van der Waals surface area contributed by atoms with Gasteiger partial charge in [0.25, 0.3) is 5.56 Å². The van der Waals surface area contributed by atoms with Gasteiger partial charge in [0.05, 0.1) is 0 Å². The number of aromatic amines is 1. The number of imidazole rings is 1. The molecule has 172 valence electrons. The second kappa shape index (κ2) is 9.97. The lowest BCUT2D eigenvalue weighted by Gasteiger charge is -2.12. The number of fused-ring (bicyclic) bond motifs is 1. The second-order valence-electron chi connectivity index (χ2n) is 7.59. The van der Waals surface area contributed by atoms with Crippen molar-refractivity contribution in [3.8, 4) is 5.75 Å². The lowest BCUT2D eigenvalue weighted by atomic mass is 10.1. The number of rotatable bonds is 9. The van der Waals surface area contributed by atoms with Gasteiger partial charge in [0, 0.05) is 19.5 Å². The molecule has 0 aliphatic rings. The zero-order chi connectivity index (χ0) is 23.4. The Morgan fingerprint density at radius 1 is 1.03 bits per heavy atom. The van der Waals surface area contributed by atoms with Crippen molar-refractivity contribution in [1.82, 2.24) is 19.1 Å². The van der Waals surface area contributed by atoms with Crippen LogP contribution in [-0.4, -0.2) is 27.9 Å². The van der Waals surface area contributed by atoms with E-state index in [1.54, 1.807) is 24.3 Å². The van der Waals surface area contributed by atoms with Gasteiger partial charge in [0.15, 0.2) is 5.65 Å². The lowest BCUT2D eigenvalue weighted by Crippen LogP contribution is -2.40. The van der Waals surface area contributed by atoms with E-state index in [0.29, 0.717) is 42.8 Å². The highest BCUT2D eigenvalue weighted by atomic mass is 32.2. The smallest absolute Gasteiger partial charge is 0.357 e. The molecule has 0 saturated heterocycles. The molecule has 0 fully saturated rings. The molecule has 0 spiro atoms. The number of nitrogens with one attached hydrogen (secondary N) is 1. The summed E-state index contributed by atoms with van der Waals surface area (Å²) in [7, 11) is 0. The molecule has 4 aromatic rings. The van der Waals surface area contributed by atoms with Gasteiger partial charge in [-0.15, -0.1) is 0 Å². The summed E-state index contributed by atoms with van der Waals surface area (Å²) in [5.74, 6) is 0.853. The molecule has 0 radical (unpaired) electrons. The highest BCUT2D eigenvalue weighted by Crippen LogP contribution is 2.20. The molecule has 0 saturated carbocycles. The van der Waals surface area contributed by atoms with Crippen molar-refractivity contribution in [1.29, 1.82) is 0 Å². The van der Waals surface area contributed by atoms with Gasteiger partial charge in [-0.25, -0.2) is 9.78 Å². The summed E-state index contributed by atoms with van der Waals surface area (Å²) in [5, 5.41) is 0. The number of aromatic nitrogens is 4. The van der Waals surface area contributed by atoms with Crippen LogP contribution in [0.2, 0.25) is 0 Å². The van der Waals surface area contributed by atoms with E-state index in [-0.39, 0.29) is 23.4 Å². The largest absolute Gasteiger partial charge is 0.380 e. The Hall–Kier alpha value is -3.50. The zero-order valence-electron chi connectivity index (χ0n) is 18.1. The van der Waals surface area contributed by atoms with E-state index in [9.17, 15) is 13.8 Å². The average Bonchev–Trinajstić information content (AvgIpc) is 3.21. The minimum atomic E-state index is -2.46. The van der Waals surface area contributed by atoms with E-state index in [1.807, 2.05) is 37.3 Å². The van der Waals surface area contributed by atoms with Gasteiger partial charge in [-0.05, 0) is 30.0 Å². The minimum absolute atomic E-state index is 0.216. The van der Waals surface area contributed by atoms with Crippen molar-refractivity contribution in [2.75, 3.05) is 0 Å². The summed E-state index contributed by atoms with van der Waals surface area (Å²) in [6.45, 7) is 2.41. The van der Waals surface area contributed by atoms with Crippen molar-refractivity contribution in [3.05, 3.63) is 92.4 Å². The minimum Gasteiger partial charge on any atom is -0.380 e. The van der Waals surface area contributed by atoms with Crippen LogP contribution in [0.3, 0.4) is 0 Å². The molecule has 10 heteroatoms. The Labute approximate surface area is 192 Å². The predicted molar refractivity (Wildman–Crippen MR) is 126 cm³/mol. The molecule has 0 aliphatic heterocycles. The first-order chi connectivity index (χ1) is 16.0. The fraction of sp³-hybridized carbons (Fsp3) is 0.261. The summed E-state index contributed by atoms with van der Waals surface area (Å²) < 4.78 is 27.9. The number of hydrogen-bond acceptors (Lipinski definition) is 5. The monoisotopic (exact) mass is 468 g/mol. The van der Waals surface area contributed by atoms with Crippen LogP contribution in [0.15, 0.2) is 64.2 Å². The first-order valence-corrected chi connectivity index (χ1v) is 11.6. The summed E-state index contributed by atoms with van der Waals surface area (Å²) in [5.41, 5.74) is 1.45. The van der Waals surface area contributed by atoms with Crippen molar-refractivity contribution >= 4 is 22.5 Å². The van der Waals surface area contributed by atoms with Gasteiger partial charge >= 0.3 is 17.1 Å². The highest BCUT2D eigenvalue weighted by molar-refractivity contribution is 7.74. The van der Waals surface area contributed by atoms with Crippen LogP contribution in [0.4, 0.5) is 0 Å². The summed E-state index contributed by atoms with van der Waals surface area (Å²) in [6, 6.07) is 16.6. The Kier molecular flexibility index (Phi) is 6.85. The Balaban J connectivity index is 1.75. The van der Waals surface area contributed by atoms with E-state index in [4.69, 9.17) is 8.74 Å². The third-order valence-electron chi connectivity index (χ3n) is 5.31. The number of hydrogen-bond donors (Lipinski definition) is 2. The molecule has 2 N–H and O–H groups in total. The predicted octanol–water partition coefficient (Wildman–Crippen LogP) is 2.65. The van der Waals surface area contributed by atoms with Crippen molar-refractivity contribution in [3.63, 3.8) is 0 Å². The van der Waals surface area contributed by atoms with Gasteiger partial charge in [-0.3, -0.25) is 18.5 Å². The average molecular weight is 469 g/mol. The Morgan fingerprint density at radius 2 is 1.76 bits per heavy atom. The van der Waals surface area contributed by atoms with E-state index in [1.165, 1.54) is 9.13 Å². The van der Waals surface area contributed by atoms with Crippen LogP contribution in [0.25, 0.3) is 11.2 Å². The quantitative estimate of drug-likeness (QED) is 0.365. The molecule has 1 atom stereocenters. The SMILES string of the molecule is CCCn1c(=O)c2[nH]c(Cc3ccccc3)nc2n(CCc2ccccc2OS(=O)O)c1=O. The van der Waals surface area contributed by atoms with Crippen molar-refractivity contribution in [2.24, 2.45) is 0 Å². The lowest BCUT2D eigenvalue weighted by molar-refractivity contribution is 0.454. The van der Waals surface area contributed by atoms with Gasteiger partial charge in [-0.1, -0.05) is 55.5 Å². The van der Waals surface area contributed by atoms with Gasteiger partial charge in [0.2, 0.25) is 0 Å². The molecule has 1 unspecified atom stereocenters. The number of aryl methyl sites for hydroxylation is 2. The fourth-order valence-corrected chi connectivity index (χ4v) is 4.13. The van der Waals surface area contributed by atoms with E-state index < -0.39 is 17.1 Å². The maximum atomic E-state index is 13.2. The topological polar surface area (TPSA) is 119 Å². The molecule has 2 aromatic heterocycles. The molecule has 0 bridgehead atoms. The maximum absolute atomic E-state index is 13.2. The number of nitrogens with zero attached hydrogens (tertiary/aromatic N) is 3. The standard InChI is InChI=1S/C23H24N4O5S/c1-2-13-27-22(28)20-21(25-19(24-20)15-16-8-4-3-5-9-16)26(23(27)29)14-12-17-10-6-7-11-18(17)32-33(30)31/h3-11H,2,12-15H2,1H3,(H,24,25)(H,30,31). The molecule has 4 rings (SSSR count). The fourth-order valence-electron chi connectivity index (χ4n) is 3.81. The third kappa shape index (κ3) is 4.96. The summed E-state index contributed by atoms with van der Waals surface area (Å²) in [4.78, 5) is 33.9. The van der Waals surface area contributed by atoms with Crippen molar-refractivity contribution in [2.45, 2.75) is 39.3 Å². The third-order valence-corrected chi connectivity index (χ3v) is 5.63. The second-order valence-corrected chi connectivity index (χ2v) is 8.19. The van der Waals surface area contributed by atoms with Crippen LogP contribution in [0.5, 0.6) is 5.75 Å². The van der Waals surface area contributed by atoms with Gasteiger partial charge < -0.3 is 9.17 Å². The molecule has 33 heavy (non-hydrogen) atoms. The first kappa shape index (κ1) is 22.7. The normalized spacial score (nSPS) is 12.2. The van der Waals surface area contributed by atoms with Gasteiger partial charge in [-0.2, -0.15) is 4.21 Å². The summed E-state index contributed by atoms with van der Waals surface area (Å²) in [6.07, 6.45) is 1.47. The molecule has 0 amide bonds. The van der Waals surface area contributed by atoms with Crippen LogP contribution in [0, 0.1) is 0 Å². The molecular formula is C23H24N4O5S. The molecule has 2 aromatic carbocycles. The molecular weight excluding hydrogens is 444 g/mol. The van der Waals surface area contributed by atoms with E-state index >= 15 is 0 Å². The van der Waals surface area contributed by atoms with Crippen LogP contribution < -0.4 is 15.4 Å². The van der Waals surface area contributed by atoms with Crippen LogP contribution in [0.1, 0.15) is 30.3 Å².